The van der Waals surface area contributed by atoms with E-state index < -0.39 is 0 Å². The van der Waals surface area contributed by atoms with Crippen LogP contribution in [-0.4, -0.2) is 61.8 Å². The molecule has 1 N–H and O–H groups in total. The van der Waals surface area contributed by atoms with Crippen molar-refractivity contribution in [2.75, 3.05) is 44.7 Å². The van der Waals surface area contributed by atoms with Crippen molar-refractivity contribution in [3.05, 3.63) is 36.5 Å². The Balaban J connectivity index is 0.00000364. The molecule has 0 amide bonds. The molecule has 0 bridgehead atoms. The molecule has 1 aromatic heterocycles. The van der Waals surface area contributed by atoms with Crippen molar-refractivity contribution in [1.82, 2.24) is 15.2 Å². The smallest absolute Gasteiger partial charge is 0.193 e. The Kier molecular flexibility index (Phi) is 11.3. The maximum absolute atomic E-state index is 5.59. The van der Waals surface area contributed by atoms with E-state index in [1.54, 1.807) is 0 Å². The van der Waals surface area contributed by atoms with E-state index in [-0.39, 0.29) is 30.1 Å². The van der Waals surface area contributed by atoms with Crippen LogP contribution in [0.3, 0.4) is 0 Å². The number of hydrogen-bond acceptors (Lipinski definition) is 4. The highest BCUT2D eigenvalue weighted by molar-refractivity contribution is 14.0. The van der Waals surface area contributed by atoms with E-state index in [1.165, 1.54) is 0 Å². The van der Waals surface area contributed by atoms with Crippen LogP contribution in [0.5, 0.6) is 0 Å². The third-order valence-corrected chi connectivity index (χ3v) is 4.38. The zero-order chi connectivity index (χ0) is 18.8. The Labute approximate surface area is 181 Å². The van der Waals surface area contributed by atoms with Crippen molar-refractivity contribution in [3.8, 4) is 0 Å². The largest absolute Gasteiger partial charge is 0.375 e. The second-order valence-corrected chi connectivity index (χ2v) is 6.67. The number of guanidine groups is 1. The molecule has 1 atom stereocenters. The fourth-order valence-corrected chi connectivity index (χ4v) is 2.94. The predicted molar refractivity (Wildman–Crippen MR) is 124 cm³/mol. The molecular weight excluding hydrogens is 453 g/mol. The Morgan fingerprint density at radius 1 is 1.52 bits per heavy atom. The van der Waals surface area contributed by atoms with Gasteiger partial charge in [0, 0.05) is 39.4 Å². The summed E-state index contributed by atoms with van der Waals surface area (Å²) in [7, 11) is 2.07. The monoisotopic (exact) mass is 487 g/mol. The highest BCUT2D eigenvalue weighted by Crippen LogP contribution is 2.15. The zero-order valence-electron chi connectivity index (χ0n) is 16.9. The number of anilines is 1. The SMILES string of the molecule is C=CCCCN(C)C(=NCc1ccc(N2CCOC(C)C2)nc1)NCC.I. The minimum atomic E-state index is 0. The van der Waals surface area contributed by atoms with E-state index in [2.05, 4.69) is 59.7 Å². The van der Waals surface area contributed by atoms with E-state index >= 15 is 0 Å². The molecule has 0 saturated carbocycles. The third kappa shape index (κ3) is 8.04. The van der Waals surface area contributed by atoms with E-state index in [0.717, 1.165) is 63.0 Å². The Hall–Kier alpha value is -1.35. The highest BCUT2D eigenvalue weighted by atomic mass is 127. The Morgan fingerprint density at radius 3 is 2.96 bits per heavy atom. The fraction of sp³-hybridized carbons (Fsp3) is 0.600. The van der Waals surface area contributed by atoms with Gasteiger partial charge < -0.3 is 19.9 Å². The van der Waals surface area contributed by atoms with Crippen molar-refractivity contribution in [2.45, 2.75) is 39.3 Å². The Morgan fingerprint density at radius 2 is 2.33 bits per heavy atom. The molecule has 2 heterocycles. The number of aliphatic imine (C=N–C) groups is 1. The second-order valence-electron chi connectivity index (χ2n) is 6.67. The zero-order valence-corrected chi connectivity index (χ0v) is 19.2. The molecule has 0 aromatic carbocycles. The van der Waals surface area contributed by atoms with Gasteiger partial charge in [-0.1, -0.05) is 12.1 Å². The van der Waals surface area contributed by atoms with Crippen LogP contribution in [0.25, 0.3) is 0 Å². The molecule has 0 aliphatic carbocycles. The number of nitrogens with one attached hydrogen (secondary N) is 1. The number of allylic oxidation sites excluding steroid dienone is 1. The summed E-state index contributed by atoms with van der Waals surface area (Å²) >= 11 is 0. The predicted octanol–water partition coefficient (Wildman–Crippen LogP) is 3.29. The van der Waals surface area contributed by atoms with Gasteiger partial charge in [0.1, 0.15) is 5.82 Å². The van der Waals surface area contributed by atoms with E-state index in [4.69, 9.17) is 9.73 Å². The van der Waals surface area contributed by atoms with Crippen LogP contribution >= 0.6 is 24.0 Å². The minimum Gasteiger partial charge on any atom is -0.375 e. The molecule has 1 saturated heterocycles. The molecule has 27 heavy (non-hydrogen) atoms. The molecule has 0 radical (unpaired) electrons. The lowest BCUT2D eigenvalue weighted by atomic mass is 10.2. The van der Waals surface area contributed by atoms with Crippen LogP contribution < -0.4 is 10.2 Å². The van der Waals surface area contributed by atoms with Crippen LogP contribution in [0.1, 0.15) is 32.3 Å². The first-order valence-electron chi connectivity index (χ1n) is 9.55. The maximum atomic E-state index is 5.59. The number of rotatable bonds is 8. The summed E-state index contributed by atoms with van der Waals surface area (Å²) in [6, 6.07) is 4.21. The van der Waals surface area contributed by atoms with Gasteiger partial charge >= 0.3 is 0 Å². The molecule has 1 fully saturated rings. The van der Waals surface area contributed by atoms with Crippen molar-refractivity contribution in [1.29, 1.82) is 0 Å². The standard InChI is InChI=1S/C20H33N5O.HI/c1-5-7-8-11-24(4)20(21-6-2)23-15-18-9-10-19(22-14-18)25-12-13-26-17(3)16-25;/h5,9-10,14,17H,1,6-8,11-13,15-16H2,2-4H3,(H,21,23);1H. The van der Waals surface area contributed by atoms with Gasteiger partial charge in [0.05, 0.1) is 19.3 Å². The summed E-state index contributed by atoms with van der Waals surface area (Å²) in [5, 5.41) is 3.36. The number of halogens is 1. The number of aromatic nitrogens is 1. The molecule has 1 aliphatic heterocycles. The van der Waals surface area contributed by atoms with Crippen LogP contribution in [0.2, 0.25) is 0 Å². The second kappa shape index (κ2) is 12.9. The number of hydrogen-bond donors (Lipinski definition) is 1. The molecule has 1 unspecified atom stereocenters. The van der Waals surface area contributed by atoms with Gasteiger partial charge in [0.15, 0.2) is 5.96 Å². The van der Waals surface area contributed by atoms with Crippen LogP contribution in [0, 0.1) is 0 Å². The van der Waals surface area contributed by atoms with Gasteiger partial charge in [-0.05, 0) is 38.3 Å². The summed E-state index contributed by atoms with van der Waals surface area (Å²) in [6.45, 7) is 13.0. The summed E-state index contributed by atoms with van der Waals surface area (Å²) in [5.74, 6) is 1.95. The summed E-state index contributed by atoms with van der Waals surface area (Å²) in [6.07, 6.45) is 6.25. The molecule has 2 rings (SSSR count). The summed E-state index contributed by atoms with van der Waals surface area (Å²) < 4.78 is 5.59. The van der Waals surface area contributed by atoms with Crippen LogP contribution in [0.4, 0.5) is 5.82 Å². The van der Waals surface area contributed by atoms with Gasteiger partial charge in [-0.2, -0.15) is 0 Å². The molecule has 6 nitrogen and oxygen atoms in total. The first kappa shape index (κ1) is 23.7. The van der Waals surface area contributed by atoms with Gasteiger partial charge in [-0.15, -0.1) is 30.6 Å². The number of pyridine rings is 1. The number of morpholine rings is 1. The van der Waals surface area contributed by atoms with Crippen molar-refractivity contribution < 1.29 is 4.74 Å². The number of nitrogens with zero attached hydrogens (tertiary/aromatic N) is 4. The molecule has 1 aromatic rings. The first-order chi connectivity index (χ1) is 12.6. The average molecular weight is 487 g/mol. The number of ether oxygens (including phenoxy) is 1. The minimum absolute atomic E-state index is 0. The fourth-order valence-electron chi connectivity index (χ4n) is 2.94. The lowest BCUT2D eigenvalue weighted by Gasteiger charge is -2.32. The highest BCUT2D eigenvalue weighted by Gasteiger charge is 2.17. The van der Waals surface area contributed by atoms with E-state index in [0.29, 0.717) is 6.54 Å². The lowest BCUT2D eigenvalue weighted by Crippen LogP contribution is -2.41. The molecule has 7 heteroatoms. The maximum Gasteiger partial charge on any atom is 0.193 e. The van der Waals surface area contributed by atoms with Crippen molar-refractivity contribution in [3.63, 3.8) is 0 Å². The lowest BCUT2D eigenvalue weighted by molar-refractivity contribution is 0.0529. The van der Waals surface area contributed by atoms with Gasteiger partial charge in [0.25, 0.3) is 0 Å². The molecule has 0 spiro atoms. The van der Waals surface area contributed by atoms with Crippen LogP contribution in [0.15, 0.2) is 36.0 Å². The molecular formula is C20H34IN5O. The van der Waals surface area contributed by atoms with Crippen LogP contribution in [-0.2, 0) is 11.3 Å². The quantitative estimate of drug-likeness (QED) is 0.201. The normalized spacial score (nSPS) is 17.2. The topological polar surface area (TPSA) is 53.0 Å². The van der Waals surface area contributed by atoms with E-state index in [9.17, 15) is 0 Å². The van der Waals surface area contributed by atoms with Crippen molar-refractivity contribution in [2.24, 2.45) is 4.99 Å². The molecule has 152 valence electrons. The third-order valence-electron chi connectivity index (χ3n) is 4.38. The first-order valence-corrected chi connectivity index (χ1v) is 9.55. The van der Waals surface area contributed by atoms with E-state index in [1.807, 2.05) is 12.3 Å². The average Bonchev–Trinajstić information content (AvgIpc) is 2.65. The van der Waals surface area contributed by atoms with Gasteiger partial charge in [-0.3, -0.25) is 0 Å². The molecule has 1 aliphatic rings. The summed E-state index contributed by atoms with van der Waals surface area (Å²) in [4.78, 5) is 13.8. The summed E-state index contributed by atoms with van der Waals surface area (Å²) in [5.41, 5.74) is 1.12. The van der Waals surface area contributed by atoms with Gasteiger partial charge in [-0.25, -0.2) is 9.98 Å². The van der Waals surface area contributed by atoms with Crippen molar-refractivity contribution >= 4 is 35.8 Å². The Bertz CT molecular complexity index is 578. The van der Waals surface area contributed by atoms with Gasteiger partial charge in [0.2, 0.25) is 0 Å². The number of unbranched alkanes of at least 4 members (excludes halogenated alkanes) is 1.